The van der Waals surface area contributed by atoms with Gasteiger partial charge in [0.1, 0.15) is 12.2 Å². The van der Waals surface area contributed by atoms with Gasteiger partial charge in [0.15, 0.2) is 0 Å². The third-order valence-corrected chi connectivity index (χ3v) is 5.94. The van der Waals surface area contributed by atoms with Crippen LogP contribution < -0.4 is 11.1 Å². The van der Waals surface area contributed by atoms with Gasteiger partial charge in [-0.2, -0.15) is 5.10 Å². The van der Waals surface area contributed by atoms with Gasteiger partial charge in [0.25, 0.3) is 0 Å². The van der Waals surface area contributed by atoms with Crippen LogP contribution in [0.15, 0.2) is 6.33 Å². The molecule has 3 N–H and O–H groups in total. The van der Waals surface area contributed by atoms with Gasteiger partial charge in [-0.05, 0) is 43.9 Å². The van der Waals surface area contributed by atoms with Crippen LogP contribution in [0.25, 0.3) is 0 Å². The number of carbonyl (C=O) groups is 1. The van der Waals surface area contributed by atoms with Crippen LogP contribution in [0.3, 0.4) is 0 Å². The molecule has 0 radical (unpaired) electrons. The normalized spacial score (nSPS) is 35.8. The van der Waals surface area contributed by atoms with Gasteiger partial charge in [-0.15, -0.1) is 12.4 Å². The summed E-state index contributed by atoms with van der Waals surface area (Å²) in [6, 6.07) is 0.516. The monoisotopic (exact) mass is 339 g/mol. The third kappa shape index (κ3) is 3.24. The first-order chi connectivity index (χ1) is 10.7. The molecule has 3 aliphatic rings. The Morgan fingerprint density at radius 1 is 1.26 bits per heavy atom. The van der Waals surface area contributed by atoms with Gasteiger partial charge in [0, 0.05) is 24.4 Å². The molecule has 0 aromatic carbocycles. The Morgan fingerprint density at radius 2 is 2.00 bits per heavy atom. The second-order valence-electron chi connectivity index (χ2n) is 7.30. The van der Waals surface area contributed by atoms with Crippen molar-refractivity contribution in [2.24, 2.45) is 23.5 Å². The van der Waals surface area contributed by atoms with Crippen molar-refractivity contribution in [2.45, 2.75) is 63.6 Å². The largest absolute Gasteiger partial charge is 0.351 e. The molecule has 1 aliphatic heterocycles. The van der Waals surface area contributed by atoms with Gasteiger partial charge >= 0.3 is 0 Å². The number of rotatable bonds is 2. The molecule has 2 bridgehead atoms. The van der Waals surface area contributed by atoms with E-state index in [0.29, 0.717) is 17.9 Å². The maximum atomic E-state index is 12.7. The van der Waals surface area contributed by atoms with Gasteiger partial charge in [-0.1, -0.05) is 6.42 Å². The summed E-state index contributed by atoms with van der Waals surface area (Å²) in [7, 11) is 0. The average molecular weight is 340 g/mol. The minimum atomic E-state index is 0. The number of nitrogens with one attached hydrogen (secondary N) is 1. The summed E-state index contributed by atoms with van der Waals surface area (Å²) in [5.74, 6) is 2.53. The molecule has 0 spiro atoms. The van der Waals surface area contributed by atoms with E-state index in [1.165, 1.54) is 19.3 Å². The average Bonchev–Trinajstić information content (AvgIpc) is 2.94. The number of carbonyl (C=O) groups excluding carboxylic acids is 1. The van der Waals surface area contributed by atoms with Crippen LogP contribution in [0, 0.1) is 17.8 Å². The zero-order chi connectivity index (χ0) is 15.1. The first-order valence-electron chi connectivity index (χ1n) is 8.63. The van der Waals surface area contributed by atoms with Crippen LogP contribution in [-0.4, -0.2) is 32.8 Å². The van der Waals surface area contributed by atoms with Crippen molar-refractivity contribution in [1.29, 1.82) is 0 Å². The van der Waals surface area contributed by atoms with Crippen LogP contribution in [0.2, 0.25) is 0 Å². The van der Waals surface area contributed by atoms with Crippen LogP contribution >= 0.6 is 12.4 Å². The number of fused-ring (bicyclic) bond motifs is 3. The Labute approximate surface area is 143 Å². The highest BCUT2D eigenvalue weighted by Crippen LogP contribution is 2.41. The quantitative estimate of drug-likeness (QED) is 0.850. The SMILES string of the molecule is Cl.NC1C2CCCC1CC(C(=O)NC1CCc3ncnn3C1)C2. The molecule has 1 aromatic rings. The van der Waals surface area contributed by atoms with E-state index in [2.05, 4.69) is 15.4 Å². The van der Waals surface area contributed by atoms with E-state index in [1.54, 1.807) is 6.33 Å². The fourth-order valence-electron chi connectivity index (χ4n) is 4.68. The van der Waals surface area contributed by atoms with Crippen molar-refractivity contribution in [1.82, 2.24) is 20.1 Å². The van der Waals surface area contributed by atoms with E-state index >= 15 is 0 Å². The lowest BCUT2D eigenvalue weighted by Gasteiger charge is -2.43. The number of hydrogen-bond donors (Lipinski definition) is 2. The molecule has 128 valence electrons. The van der Waals surface area contributed by atoms with Crippen molar-refractivity contribution in [2.75, 3.05) is 0 Å². The molecular formula is C16H26ClN5O. The number of aryl methyl sites for hydroxylation is 1. The highest BCUT2D eigenvalue weighted by molar-refractivity contribution is 5.85. The lowest BCUT2D eigenvalue weighted by atomic mass is 9.65. The summed E-state index contributed by atoms with van der Waals surface area (Å²) >= 11 is 0. The second-order valence-corrected chi connectivity index (χ2v) is 7.30. The van der Waals surface area contributed by atoms with Gasteiger partial charge in [0.2, 0.25) is 5.91 Å². The standard InChI is InChI=1S/C16H25N5O.ClH/c17-15-10-2-1-3-11(15)7-12(6-10)16(22)20-13-4-5-14-18-9-19-21(14)8-13;/h9-13,15H,1-8,17H2,(H,20,22);1H. The zero-order valence-corrected chi connectivity index (χ0v) is 14.2. The van der Waals surface area contributed by atoms with Crippen molar-refractivity contribution < 1.29 is 4.79 Å². The molecule has 7 heteroatoms. The summed E-state index contributed by atoms with van der Waals surface area (Å²) in [5, 5.41) is 7.48. The van der Waals surface area contributed by atoms with Crippen molar-refractivity contribution in [3.63, 3.8) is 0 Å². The molecule has 0 saturated heterocycles. The highest BCUT2D eigenvalue weighted by Gasteiger charge is 2.40. The fraction of sp³-hybridized carbons (Fsp3) is 0.812. The number of hydrogen-bond acceptors (Lipinski definition) is 4. The highest BCUT2D eigenvalue weighted by atomic mass is 35.5. The van der Waals surface area contributed by atoms with Gasteiger partial charge in [-0.3, -0.25) is 4.79 Å². The molecule has 6 nitrogen and oxygen atoms in total. The van der Waals surface area contributed by atoms with E-state index in [4.69, 9.17) is 5.73 Å². The van der Waals surface area contributed by atoms with Crippen LogP contribution in [-0.2, 0) is 17.8 Å². The van der Waals surface area contributed by atoms with Gasteiger partial charge < -0.3 is 11.1 Å². The lowest BCUT2D eigenvalue weighted by molar-refractivity contribution is -0.128. The number of halogens is 1. The Balaban J connectivity index is 0.00000156. The molecule has 1 amide bonds. The Kier molecular flexibility index (Phi) is 4.92. The molecule has 23 heavy (non-hydrogen) atoms. The second kappa shape index (κ2) is 6.77. The van der Waals surface area contributed by atoms with E-state index in [1.807, 2.05) is 4.68 Å². The van der Waals surface area contributed by atoms with Crippen LogP contribution in [0.1, 0.15) is 44.3 Å². The molecule has 1 aromatic heterocycles. The molecule has 2 fully saturated rings. The van der Waals surface area contributed by atoms with E-state index in [9.17, 15) is 4.79 Å². The molecule has 2 saturated carbocycles. The minimum Gasteiger partial charge on any atom is -0.351 e. The Morgan fingerprint density at radius 3 is 2.74 bits per heavy atom. The molecule has 4 rings (SSSR count). The van der Waals surface area contributed by atoms with Crippen molar-refractivity contribution in [3.05, 3.63) is 12.2 Å². The van der Waals surface area contributed by atoms with E-state index in [-0.39, 0.29) is 30.3 Å². The predicted octanol–water partition coefficient (Wildman–Crippen LogP) is 1.28. The summed E-state index contributed by atoms with van der Waals surface area (Å²) < 4.78 is 1.92. The third-order valence-electron chi connectivity index (χ3n) is 5.94. The maximum Gasteiger partial charge on any atom is 0.223 e. The first-order valence-corrected chi connectivity index (χ1v) is 8.63. The molecule has 3 atom stereocenters. The van der Waals surface area contributed by atoms with Crippen molar-refractivity contribution in [3.8, 4) is 0 Å². The molecular weight excluding hydrogens is 314 g/mol. The van der Waals surface area contributed by atoms with E-state index < -0.39 is 0 Å². The minimum absolute atomic E-state index is 0. The number of nitrogens with two attached hydrogens (primary N) is 1. The van der Waals surface area contributed by atoms with Crippen LogP contribution in [0.4, 0.5) is 0 Å². The van der Waals surface area contributed by atoms with Gasteiger partial charge in [-0.25, -0.2) is 9.67 Å². The Bertz CT molecular complexity index is 548. The topological polar surface area (TPSA) is 85.8 Å². The molecule has 2 heterocycles. The fourth-order valence-corrected chi connectivity index (χ4v) is 4.68. The zero-order valence-electron chi connectivity index (χ0n) is 13.4. The molecule has 3 unspecified atom stereocenters. The maximum absolute atomic E-state index is 12.7. The predicted molar refractivity (Wildman–Crippen MR) is 89.1 cm³/mol. The first kappa shape index (κ1) is 16.7. The summed E-state index contributed by atoms with van der Waals surface area (Å²) in [4.78, 5) is 16.9. The lowest BCUT2D eigenvalue weighted by Crippen LogP contribution is -2.51. The van der Waals surface area contributed by atoms with E-state index in [0.717, 1.165) is 38.1 Å². The Hall–Kier alpha value is -1.14. The number of nitrogens with zero attached hydrogens (tertiary/aromatic N) is 3. The summed E-state index contributed by atoms with van der Waals surface area (Å²) in [6.07, 6.45) is 9.10. The smallest absolute Gasteiger partial charge is 0.223 e. The van der Waals surface area contributed by atoms with Crippen molar-refractivity contribution >= 4 is 18.3 Å². The summed E-state index contributed by atoms with van der Waals surface area (Å²) in [5.41, 5.74) is 6.32. The van der Waals surface area contributed by atoms with Crippen LogP contribution in [0.5, 0.6) is 0 Å². The molecule has 2 aliphatic carbocycles. The van der Waals surface area contributed by atoms with Gasteiger partial charge in [0.05, 0.1) is 6.54 Å². The number of amides is 1. The summed E-state index contributed by atoms with van der Waals surface area (Å²) in [6.45, 7) is 0.750. The number of aromatic nitrogens is 3.